The molecule has 9 heteroatoms. The molecule has 170 valence electrons. The van der Waals surface area contributed by atoms with Crippen molar-refractivity contribution in [3.8, 4) is 0 Å². The fraction of sp³-hybridized carbons (Fsp3) is 0.120. The predicted molar refractivity (Wildman–Crippen MR) is 128 cm³/mol. The normalized spacial score (nSPS) is 11.2. The molecule has 8 nitrogen and oxygen atoms in total. The summed E-state index contributed by atoms with van der Waals surface area (Å²) in [5, 5.41) is 12.4. The number of hydrogen-bond acceptors (Lipinski definition) is 5. The SMILES string of the molecule is Cc1cccn2c(=O)c3cc(C(=O)NCc4ccco4)c(=N)n(Cc4ccccc4Cl)c3nc12. The molecule has 0 unspecified atom stereocenters. The van der Waals surface area contributed by atoms with Gasteiger partial charge in [0.25, 0.3) is 11.5 Å². The molecule has 1 aromatic carbocycles. The van der Waals surface area contributed by atoms with Crippen molar-refractivity contribution in [2.24, 2.45) is 0 Å². The fourth-order valence-electron chi connectivity index (χ4n) is 3.90. The second-order valence-electron chi connectivity index (χ2n) is 7.89. The first-order valence-electron chi connectivity index (χ1n) is 10.6. The van der Waals surface area contributed by atoms with Gasteiger partial charge < -0.3 is 14.3 Å². The Labute approximate surface area is 198 Å². The molecular weight excluding hydrogens is 454 g/mol. The molecule has 0 fully saturated rings. The molecule has 0 atom stereocenters. The summed E-state index contributed by atoms with van der Waals surface area (Å²) in [4.78, 5) is 31.2. The van der Waals surface area contributed by atoms with Crippen LogP contribution in [-0.2, 0) is 13.1 Å². The molecule has 5 aromatic rings. The summed E-state index contributed by atoms with van der Waals surface area (Å²) in [7, 11) is 0. The first kappa shape index (κ1) is 21.7. The molecule has 0 bridgehead atoms. The fourth-order valence-corrected chi connectivity index (χ4v) is 4.09. The third kappa shape index (κ3) is 3.78. The van der Waals surface area contributed by atoms with Crippen molar-refractivity contribution in [3.05, 3.63) is 110 Å². The number of rotatable bonds is 5. The first-order valence-corrected chi connectivity index (χ1v) is 11.0. The van der Waals surface area contributed by atoms with E-state index in [2.05, 4.69) is 5.32 Å². The Balaban J connectivity index is 1.74. The Morgan fingerprint density at radius 2 is 1.97 bits per heavy atom. The Bertz CT molecular complexity index is 1670. The van der Waals surface area contributed by atoms with E-state index >= 15 is 0 Å². The average molecular weight is 474 g/mol. The van der Waals surface area contributed by atoms with E-state index in [-0.39, 0.29) is 35.1 Å². The van der Waals surface area contributed by atoms with Gasteiger partial charge in [0.2, 0.25) is 0 Å². The van der Waals surface area contributed by atoms with Crippen LogP contribution in [0.5, 0.6) is 0 Å². The van der Waals surface area contributed by atoms with E-state index in [0.29, 0.717) is 22.1 Å². The van der Waals surface area contributed by atoms with Crippen molar-refractivity contribution in [2.75, 3.05) is 0 Å². The van der Waals surface area contributed by atoms with Gasteiger partial charge in [-0.3, -0.25) is 19.4 Å². The highest BCUT2D eigenvalue weighted by Crippen LogP contribution is 2.19. The standard InChI is InChI=1S/C25H20ClN5O3/c1-15-6-4-10-30-22(15)29-23-19(25(30)33)12-18(24(32)28-13-17-8-5-11-34-17)21(27)31(23)14-16-7-2-3-9-20(16)26/h2-12,27H,13-14H2,1H3,(H,28,32). The van der Waals surface area contributed by atoms with Crippen LogP contribution in [0.1, 0.15) is 27.2 Å². The number of carbonyl (C=O) groups is 1. The zero-order valence-electron chi connectivity index (χ0n) is 18.2. The van der Waals surface area contributed by atoms with E-state index in [0.717, 1.165) is 11.1 Å². The van der Waals surface area contributed by atoms with E-state index in [1.807, 2.05) is 31.2 Å². The van der Waals surface area contributed by atoms with Crippen molar-refractivity contribution in [1.29, 1.82) is 5.41 Å². The van der Waals surface area contributed by atoms with E-state index < -0.39 is 5.91 Å². The van der Waals surface area contributed by atoms with Gasteiger partial charge >= 0.3 is 0 Å². The van der Waals surface area contributed by atoms with Crippen LogP contribution >= 0.6 is 11.6 Å². The largest absolute Gasteiger partial charge is 0.467 e. The van der Waals surface area contributed by atoms with Gasteiger partial charge in [-0.2, -0.15) is 0 Å². The zero-order valence-corrected chi connectivity index (χ0v) is 19.0. The number of fused-ring (bicyclic) bond motifs is 2. The van der Waals surface area contributed by atoms with Gasteiger partial charge in [-0.05, 0) is 48.4 Å². The van der Waals surface area contributed by atoms with Gasteiger partial charge in [-0.1, -0.05) is 35.9 Å². The third-order valence-corrected chi connectivity index (χ3v) is 6.04. The number of aromatic nitrogens is 3. The van der Waals surface area contributed by atoms with Crippen LogP contribution in [0, 0.1) is 12.3 Å². The molecular formula is C25H20ClN5O3. The number of nitrogens with zero attached hydrogens (tertiary/aromatic N) is 3. The lowest BCUT2D eigenvalue weighted by atomic mass is 10.1. The highest BCUT2D eigenvalue weighted by molar-refractivity contribution is 6.31. The topological polar surface area (TPSA) is 105 Å². The van der Waals surface area contributed by atoms with Crippen molar-refractivity contribution < 1.29 is 9.21 Å². The van der Waals surface area contributed by atoms with Gasteiger partial charge in [0.05, 0.1) is 30.3 Å². The molecule has 0 aliphatic heterocycles. The van der Waals surface area contributed by atoms with Crippen LogP contribution in [0.15, 0.2) is 76.3 Å². The average Bonchev–Trinajstić information content (AvgIpc) is 3.35. The lowest BCUT2D eigenvalue weighted by molar-refractivity contribution is 0.0945. The van der Waals surface area contributed by atoms with Crippen LogP contribution in [0.25, 0.3) is 16.7 Å². The number of halogens is 1. The molecule has 0 aliphatic carbocycles. The van der Waals surface area contributed by atoms with Gasteiger partial charge in [-0.25, -0.2) is 4.98 Å². The van der Waals surface area contributed by atoms with E-state index in [1.54, 1.807) is 35.0 Å². The summed E-state index contributed by atoms with van der Waals surface area (Å²) in [6, 6.07) is 15.8. The Morgan fingerprint density at radius 3 is 2.74 bits per heavy atom. The molecule has 0 spiro atoms. The van der Waals surface area contributed by atoms with Gasteiger partial charge in [0.15, 0.2) is 0 Å². The van der Waals surface area contributed by atoms with E-state index in [4.69, 9.17) is 26.4 Å². The lowest BCUT2D eigenvalue weighted by Gasteiger charge is -2.16. The minimum atomic E-state index is -0.495. The van der Waals surface area contributed by atoms with Crippen molar-refractivity contribution in [2.45, 2.75) is 20.0 Å². The molecule has 0 saturated heterocycles. The summed E-state index contributed by atoms with van der Waals surface area (Å²) in [6.07, 6.45) is 3.16. The minimum Gasteiger partial charge on any atom is -0.467 e. The van der Waals surface area contributed by atoms with E-state index in [9.17, 15) is 9.59 Å². The monoisotopic (exact) mass is 473 g/mol. The quantitative estimate of drug-likeness (QED) is 0.380. The highest BCUT2D eigenvalue weighted by atomic mass is 35.5. The van der Waals surface area contributed by atoms with Crippen LogP contribution in [0.2, 0.25) is 5.02 Å². The number of hydrogen-bond donors (Lipinski definition) is 2. The Kier molecular flexibility index (Phi) is 5.51. The maximum absolute atomic E-state index is 13.4. The number of benzene rings is 1. The van der Waals surface area contributed by atoms with Crippen LogP contribution in [-0.4, -0.2) is 19.9 Å². The summed E-state index contributed by atoms with van der Waals surface area (Å²) in [5.74, 6) is 0.0813. The van der Waals surface area contributed by atoms with Gasteiger partial charge in [0, 0.05) is 11.2 Å². The molecule has 0 saturated carbocycles. The summed E-state index contributed by atoms with van der Waals surface area (Å²) in [5.41, 5.74) is 2.01. The van der Waals surface area contributed by atoms with Gasteiger partial charge in [0.1, 0.15) is 22.5 Å². The van der Waals surface area contributed by atoms with Crippen LogP contribution < -0.4 is 16.4 Å². The van der Waals surface area contributed by atoms with Gasteiger partial charge in [-0.15, -0.1) is 0 Å². The number of furan rings is 1. The second kappa shape index (κ2) is 8.64. The van der Waals surface area contributed by atoms with E-state index in [1.165, 1.54) is 16.7 Å². The number of pyridine rings is 2. The molecule has 34 heavy (non-hydrogen) atoms. The minimum absolute atomic E-state index is 0.0533. The van der Waals surface area contributed by atoms with Crippen molar-refractivity contribution >= 4 is 34.2 Å². The maximum atomic E-state index is 13.4. The summed E-state index contributed by atoms with van der Waals surface area (Å²) >= 11 is 6.39. The maximum Gasteiger partial charge on any atom is 0.267 e. The molecule has 4 heterocycles. The molecule has 4 aromatic heterocycles. The van der Waals surface area contributed by atoms with Crippen molar-refractivity contribution in [3.63, 3.8) is 0 Å². The zero-order chi connectivity index (χ0) is 23.8. The highest BCUT2D eigenvalue weighted by Gasteiger charge is 2.19. The lowest BCUT2D eigenvalue weighted by Crippen LogP contribution is -2.35. The summed E-state index contributed by atoms with van der Waals surface area (Å²) < 4.78 is 8.27. The third-order valence-electron chi connectivity index (χ3n) is 5.67. The van der Waals surface area contributed by atoms with Crippen molar-refractivity contribution in [1.82, 2.24) is 19.3 Å². The summed E-state index contributed by atoms with van der Waals surface area (Å²) in [6.45, 7) is 2.19. The Morgan fingerprint density at radius 1 is 1.15 bits per heavy atom. The second-order valence-corrected chi connectivity index (χ2v) is 8.29. The first-order chi connectivity index (χ1) is 16.4. The Hall–Kier alpha value is -4.17. The number of aryl methyl sites for hydroxylation is 1. The number of carbonyl (C=O) groups excluding carboxylic acids is 1. The van der Waals surface area contributed by atoms with Crippen LogP contribution in [0.3, 0.4) is 0 Å². The molecule has 1 amide bonds. The van der Waals surface area contributed by atoms with Crippen LogP contribution in [0.4, 0.5) is 0 Å². The number of nitrogens with one attached hydrogen (secondary N) is 2. The number of amides is 1. The molecule has 0 aliphatic rings. The smallest absolute Gasteiger partial charge is 0.267 e. The molecule has 5 rings (SSSR count). The molecule has 2 N–H and O–H groups in total. The molecule has 0 radical (unpaired) electrons. The predicted octanol–water partition coefficient (Wildman–Crippen LogP) is 3.66.